The van der Waals surface area contributed by atoms with Gasteiger partial charge in [-0.05, 0) is 40.3 Å². The summed E-state index contributed by atoms with van der Waals surface area (Å²) in [6, 6.07) is 9.85. The topological polar surface area (TPSA) is 39.1 Å². The fraction of sp³-hybridized carbons (Fsp3) is 0.273. The van der Waals surface area contributed by atoms with Crippen LogP contribution in [0.2, 0.25) is 0 Å². The zero-order valence-electron chi connectivity index (χ0n) is 8.90. The van der Waals surface area contributed by atoms with Crippen LogP contribution in [-0.4, -0.2) is 23.6 Å². The van der Waals surface area contributed by atoms with Crippen LogP contribution in [0.25, 0.3) is 0 Å². The lowest BCUT2D eigenvalue weighted by atomic mass is 10.3. The van der Waals surface area contributed by atoms with E-state index in [1.54, 1.807) is 0 Å². The smallest absolute Gasteiger partial charge is 0.173 e. The number of hydrogen-bond acceptors (Lipinski definition) is 2. The molecule has 0 bridgehead atoms. The molecular weight excluding hydrogens is 286 g/mol. The number of halogens is 1. The number of anilines is 1. The fourth-order valence-electron chi connectivity index (χ4n) is 1.09. The van der Waals surface area contributed by atoms with Crippen LogP contribution in [0.3, 0.4) is 0 Å². The van der Waals surface area contributed by atoms with Crippen LogP contribution in [0.15, 0.2) is 28.7 Å². The molecule has 0 aliphatic rings. The summed E-state index contributed by atoms with van der Waals surface area (Å²) in [7, 11) is 1.86. The van der Waals surface area contributed by atoms with Crippen molar-refractivity contribution in [2.45, 2.75) is 6.42 Å². The third kappa shape index (κ3) is 3.80. The molecule has 1 rings (SSSR count). The molecular formula is C11H12BrN3S. The standard InChI is InChI=1S/C11H12BrN3S/c1-15(8-4-7-13)11(16)14-10-6-3-2-5-9(10)12/h2-3,5-6H,4,8H2,1H3,(H,14,16). The second-order valence-corrected chi connectivity index (χ2v) is 4.48. The molecule has 5 heteroatoms. The third-order valence-corrected chi connectivity index (χ3v) is 3.13. The van der Waals surface area contributed by atoms with E-state index in [0.29, 0.717) is 18.1 Å². The minimum atomic E-state index is 0.467. The predicted octanol–water partition coefficient (Wildman–Crippen LogP) is 2.99. The van der Waals surface area contributed by atoms with E-state index in [0.717, 1.165) is 10.2 Å². The Morgan fingerprint density at radius 1 is 1.56 bits per heavy atom. The molecule has 0 radical (unpaired) electrons. The molecule has 0 unspecified atom stereocenters. The number of benzene rings is 1. The third-order valence-electron chi connectivity index (χ3n) is 2.02. The van der Waals surface area contributed by atoms with Gasteiger partial charge in [0.15, 0.2) is 5.11 Å². The van der Waals surface area contributed by atoms with E-state index in [1.165, 1.54) is 0 Å². The molecule has 0 amide bonds. The first-order valence-corrected chi connectivity index (χ1v) is 5.99. The molecule has 3 nitrogen and oxygen atoms in total. The summed E-state index contributed by atoms with van der Waals surface area (Å²) in [5.74, 6) is 0. The Kier molecular flexibility index (Phi) is 5.23. The molecule has 0 heterocycles. The van der Waals surface area contributed by atoms with E-state index in [2.05, 4.69) is 27.3 Å². The van der Waals surface area contributed by atoms with Gasteiger partial charge in [-0.25, -0.2) is 0 Å². The molecule has 0 atom stereocenters. The van der Waals surface area contributed by atoms with Crippen molar-refractivity contribution in [3.63, 3.8) is 0 Å². The van der Waals surface area contributed by atoms with Gasteiger partial charge in [-0.1, -0.05) is 12.1 Å². The van der Waals surface area contributed by atoms with E-state index in [4.69, 9.17) is 17.5 Å². The highest BCUT2D eigenvalue weighted by Gasteiger charge is 2.05. The SMILES string of the molecule is CN(CCC#N)C(=S)Nc1ccccc1Br. The molecule has 1 aromatic carbocycles. The van der Waals surface area contributed by atoms with Crippen molar-refractivity contribution in [2.75, 3.05) is 18.9 Å². The molecule has 84 valence electrons. The van der Waals surface area contributed by atoms with Crippen molar-refractivity contribution in [1.82, 2.24) is 4.90 Å². The predicted molar refractivity (Wildman–Crippen MR) is 73.2 cm³/mol. The van der Waals surface area contributed by atoms with Crippen molar-refractivity contribution >= 4 is 38.9 Å². The average molecular weight is 298 g/mol. The lowest BCUT2D eigenvalue weighted by Gasteiger charge is -2.20. The van der Waals surface area contributed by atoms with E-state index >= 15 is 0 Å². The molecule has 1 aromatic rings. The van der Waals surface area contributed by atoms with Crippen LogP contribution < -0.4 is 5.32 Å². The second-order valence-electron chi connectivity index (χ2n) is 3.24. The number of nitrogens with one attached hydrogen (secondary N) is 1. The Morgan fingerprint density at radius 3 is 2.88 bits per heavy atom. The molecule has 0 aliphatic carbocycles. The highest BCUT2D eigenvalue weighted by molar-refractivity contribution is 9.10. The van der Waals surface area contributed by atoms with Gasteiger partial charge in [0.2, 0.25) is 0 Å². The normalized spacial score (nSPS) is 9.31. The van der Waals surface area contributed by atoms with Gasteiger partial charge in [0.25, 0.3) is 0 Å². The van der Waals surface area contributed by atoms with Crippen molar-refractivity contribution in [2.24, 2.45) is 0 Å². The first kappa shape index (κ1) is 12.9. The first-order valence-electron chi connectivity index (χ1n) is 4.78. The largest absolute Gasteiger partial charge is 0.351 e. The monoisotopic (exact) mass is 297 g/mol. The van der Waals surface area contributed by atoms with Gasteiger partial charge in [-0.2, -0.15) is 5.26 Å². The lowest BCUT2D eigenvalue weighted by molar-refractivity contribution is 0.523. The number of para-hydroxylation sites is 1. The molecule has 16 heavy (non-hydrogen) atoms. The van der Waals surface area contributed by atoms with Crippen LogP contribution in [-0.2, 0) is 0 Å². The number of thiocarbonyl (C=S) groups is 1. The fourth-order valence-corrected chi connectivity index (χ4v) is 1.68. The first-order chi connectivity index (χ1) is 7.65. The van der Waals surface area contributed by atoms with Crippen molar-refractivity contribution in [3.8, 4) is 6.07 Å². The number of hydrogen-bond donors (Lipinski definition) is 1. The zero-order valence-corrected chi connectivity index (χ0v) is 11.3. The van der Waals surface area contributed by atoms with Crippen molar-refractivity contribution in [3.05, 3.63) is 28.7 Å². The van der Waals surface area contributed by atoms with Gasteiger partial charge in [0.05, 0.1) is 18.2 Å². The maximum atomic E-state index is 8.48. The Labute approximate surface area is 109 Å². The zero-order chi connectivity index (χ0) is 12.0. The van der Waals surface area contributed by atoms with Gasteiger partial charge in [0, 0.05) is 18.1 Å². The van der Waals surface area contributed by atoms with Crippen LogP contribution in [0.1, 0.15) is 6.42 Å². The quantitative estimate of drug-likeness (QED) is 0.871. The van der Waals surface area contributed by atoms with Crippen molar-refractivity contribution < 1.29 is 0 Å². The summed E-state index contributed by atoms with van der Waals surface area (Å²) in [5, 5.41) is 12.2. The Hall–Kier alpha value is -1.12. The van der Waals surface area contributed by atoms with Gasteiger partial charge in [-0.15, -0.1) is 0 Å². The number of nitrogens with zero attached hydrogens (tertiary/aromatic N) is 2. The average Bonchev–Trinajstić information content (AvgIpc) is 2.28. The van der Waals surface area contributed by atoms with Gasteiger partial charge >= 0.3 is 0 Å². The van der Waals surface area contributed by atoms with Crippen molar-refractivity contribution in [1.29, 1.82) is 5.26 Å². The Bertz CT molecular complexity index is 414. The van der Waals surface area contributed by atoms with E-state index in [9.17, 15) is 0 Å². The van der Waals surface area contributed by atoms with Crippen LogP contribution >= 0.6 is 28.1 Å². The van der Waals surface area contributed by atoms with Crippen LogP contribution in [0.5, 0.6) is 0 Å². The Balaban J connectivity index is 2.58. The second kappa shape index (κ2) is 6.46. The molecule has 0 saturated heterocycles. The van der Waals surface area contributed by atoms with Gasteiger partial charge < -0.3 is 10.2 Å². The van der Waals surface area contributed by atoms with E-state index < -0.39 is 0 Å². The van der Waals surface area contributed by atoms with E-state index in [-0.39, 0.29) is 0 Å². The molecule has 1 N–H and O–H groups in total. The summed E-state index contributed by atoms with van der Waals surface area (Å²) < 4.78 is 0.964. The maximum absolute atomic E-state index is 8.48. The number of nitriles is 1. The summed E-state index contributed by atoms with van der Waals surface area (Å²) >= 11 is 8.65. The maximum Gasteiger partial charge on any atom is 0.173 e. The summed E-state index contributed by atoms with van der Waals surface area (Å²) in [4.78, 5) is 1.85. The van der Waals surface area contributed by atoms with Gasteiger partial charge in [0.1, 0.15) is 0 Å². The molecule has 0 fully saturated rings. The summed E-state index contributed by atoms with van der Waals surface area (Å²) in [6.45, 7) is 0.632. The minimum absolute atomic E-state index is 0.467. The Morgan fingerprint density at radius 2 is 2.25 bits per heavy atom. The summed E-state index contributed by atoms with van der Waals surface area (Å²) in [5.41, 5.74) is 0.927. The van der Waals surface area contributed by atoms with Crippen LogP contribution in [0, 0.1) is 11.3 Å². The molecule has 0 aliphatic heterocycles. The number of rotatable bonds is 3. The molecule has 0 aromatic heterocycles. The van der Waals surface area contributed by atoms with Crippen LogP contribution in [0.4, 0.5) is 5.69 Å². The lowest BCUT2D eigenvalue weighted by Crippen LogP contribution is -2.31. The van der Waals surface area contributed by atoms with Gasteiger partial charge in [-0.3, -0.25) is 0 Å². The molecule has 0 saturated carbocycles. The highest BCUT2D eigenvalue weighted by atomic mass is 79.9. The van der Waals surface area contributed by atoms with E-state index in [1.807, 2.05) is 36.2 Å². The minimum Gasteiger partial charge on any atom is -0.351 e. The highest BCUT2D eigenvalue weighted by Crippen LogP contribution is 2.21. The molecule has 0 spiro atoms. The summed E-state index contributed by atoms with van der Waals surface area (Å²) in [6.07, 6.45) is 0.467.